The van der Waals surface area contributed by atoms with Crippen LogP contribution in [0.25, 0.3) is 0 Å². The highest BCUT2D eigenvalue weighted by molar-refractivity contribution is 5.79. The lowest BCUT2D eigenvalue weighted by atomic mass is 9.94. The first-order valence-corrected chi connectivity index (χ1v) is 10.1. The van der Waals surface area contributed by atoms with Gasteiger partial charge in [-0.15, -0.1) is 0 Å². The van der Waals surface area contributed by atoms with Gasteiger partial charge in [-0.05, 0) is 38.5 Å². The van der Waals surface area contributed by atoms with E-state index in [1.54, 1.807) is 6.20 Å². The third kappa shape index (κ3) is 7.42. The molecule has 3 N–H and O–H groups in total. The summed E-state index contributed by atoms with van der Waals surface area (Å²) in [5.74, 6) is 2.79. The minimum Gasteiger partial charge on any atom is -0.491 e. The van der Waals surface area contributed by atoms with Crippen LogP contribution in [0.1, 0.15) is 64.9 Å². The van der Waals surface area contributed by atoms with Gasteiger partial charge in [0, 0.05) is 18.5 Å². The number of hydrogen-bond donors (Lipinski definition) is 3. The Hall–Kier alpha value is -2.54. The molecule has 0 saturated carbocycles. The highest BCUT2D eigenvalue weighted by Crippen LogP contribution is 2.23. The topological polar surface area (TPSA) is 91.9 Å². The summed E-state index contributed by atoms with van der Waals surface area (Å²) in [7, 11) is 0. The summed E-state index contributed by atoms with van der Waals surface area (Å²) in [6.07, 6.45) is 1.21. The lowest BCUT2D eigenvalue weighted by Crippen LogP contribution is -2.39. The number of nitrogens with zero attached hydrogens (tertiary/aromatic N) is 2. The van der Waals surface area contributed by atoms with Gasteiger partial charge in [-0.2, -0.15) is 0 Å². The lowest BCUT2D eigenvalue weighted by Gasteiger charge is -2.16. The van der Waals surface area contributed by atoms with E-state index < -0.39 is 6.10 Å². The van der Waals surface area contributed by atoms with Gasteiger partial charge >= 0.3 is 0 Å². The zero-order chi connectivity index (χ0) is 21.4. The molecule has 0 spiro atoms. The number of ether oxygens (including phenoxy) is 1. The molecule has 1 heterocycles. The van der Waals surface area contributed by atoms with Crippen LogP contribution in [0.2, 0.25) is 0 Å². The zero-order valence-corrected chi connectivity index (χ0v) is 18.3. The molecule has 2 rings (SSSR count). The summed E-state index contributed by atoms with van der Waals surface area (Å²) in [6.45, 7) is 13.6. The van der Waals surface area contributed by atoms with E-state index in [0.29, 0.717) is 31.5 Å². The minimum atomic E-state index is -0.666. The molecular formula is C22H34N4O3. The maximum absolute atomic E-state index is 10.5. The highest BCUT2D eigenvalue weighted by Gasteiger charge is 2.19. The molecule has 0 bridgehead atoms. The predicted molar refractivity (Wildman–Crippen MR) is 115 cm³/mol. The van der Waals surface area contributed by atoms with Gasteiger partial charge in [0.1, 0.15) is 18.1 Å². The van der Waals surface area contributed by atoms with E-state index in [1.807, 2.05) is 45.0 Å². The largest absolute Gasteiger partial charge is 0.491 e. The number of guanidine groups is 1. The van der Waals surface area contributed by atoms with Gasteiger partial charge in [-0.1, -0.05) is 32.9 Å². The smallest absolute Gasteiger partial charge is 0.216 e. The van der Waals surface area contributed by atoms with Gasteiger partial charge < -0.3 is 24.9 Å². The first-order valence-electron chi connectivity index (χ1n) is 10.1. The second-order valence-electron chi connectivity index (χ2n) is 8.20. The maximum atomic E-state index is 10.5. The molecule has 0 aliphatic heterocycles. The van der Waals surface area contributed by atoms with E-state index in [-0.39, 0.29) is 11.5 Å². The minimum absolute atomic E-state index is 0.0857. The fourth-order valence-corrected chi connectivity index (χ4v) is 2.57. The van der Waals surface area contributed by atoms with E-state index >= 15 is 0 Å². The van der Waals surface area contributed by atoms with Crippen molar-refractivity contribution in [3.05, 3.63) is 47.7 Å². The molecule has 1 unspecified atom stereocenters. The summed E-state index contributed by atoms with van der Waals surface area (Å²) in [4.78, 5) is 8.79. The average molecular weight is 403 g/mol. The Morgan fingerprint density at radius 3 is 2.45 bits per heavy atom. The molecule has 7 nitrogen and oxygen atoms in total. The molecular weight excluding hydrogens is 368 g/mol. The molecule has 7 heteroatoms. The van der Waals surface area contributed by atoms with Crippen LogP contribution >= 0.6 is 0 Å². The van der Waals surface area contributed by atoms with Crippen molar-refractivity contribution >= 4 is 5.96 Å². The molecule has 1 aromatic carbocycles. The van der Waals surface area contributed by atoms with Crippen LogP contribution in [0.5, 0.6) is 5.75 Å². The molecule has 1 atom stereocenters. The Kier molecular flexibility index (Phi) is 8.08. The van der Waals surface area contributed by atoms with Crippen molar-refractivity contribution in [3.63, 3.8) is 0 Å². The Balaban J connectivity index is 1.94. The Bertz CT molecular complexity index is 776. The maximum Gasteiger partial charge on any atom is 0.216 e. The third-order valence-corrected chi connectivity index (χ3v) is 4.11. The van der Waals surface area contributed by atoms with Gasteiger partial charge in [0.2, 0.25) is 5.89 Å². The van der Waals surface area contributed by atoms with Crippen LogP contribution in [0.4, 0.5) is 0 Å². The van der Waals surface area contributed by atoms with E-state index in [4.69, 9.17) is 9.15 Å². The summed E-state index contributed by atoms with van der Waals surface area (Å²) in [6, 6.07) is 7.48. The Morgan fingerprint density at radius 2 is 1.90 bits per heavy atom. The van der Waals surface area contributed by atoms with Gasteiger partial charge in [0.25, 0.3) is 0 Å². The van der Waals surface area contributed by atoms with Crippen LogP contribution in [0, 0.1) is 0 Å². The predicted octanol–water partition coefficient (Wildman–Crippen LogP) is 3.55. The number of aromatic nitrogens is 1. The standard InChI is InChI=1S/C22H34N4O3/c1-7-23-21(26-14-20-24-13-19(29-20)22(4,5)6)25-12-18(27)16-8-10-17(11-9-16)28-15(2)3/h8-11,13,15,18,27H,7,12,14H2,1-6H3,(H2,23,25,26). The van der Waals surface area contributed by atoms with Crippen molar-refractivity contribution < 1.29 is 14.3 Å². The molecule has 0 radical (unpaired) electrons. The van der Waals surface area contributed by atoms with E-state index in [9.17, 15) is 5.11 Å². The fraction of sp³-hybridized carbons (Fsp3) is 0.545. The van der Waals surface area contributed by atoms with Crippen LogP contribution < -0.4 is 15.4 Å². The monoisotopic (exact) mass is 402 g/mol. The summed E-state index contributed by atoms with van der Waals surface area (Å²) >= 11 is 0. The molecule has 1 aromatic heterocycles. The zero-order valence-electron chi connectivity index (χ0n) is 18.3. The fourth-order valence-electron chi connectivity index (χ4n) is 2.57. The number of benzene rings is 1. The molecule has 0 aliphatic rings. The normalized spacial score (nSPS) is 13.4. The van der Waals surface area contributed by atoms with Crippen molar-refractivity contribution in [1.82, 2.24) is 15.6 Å². The number of rotatable bonds is 8. The van der Waals surface area contributed by atoms with Crippen LogP contribution in [-0.4, -0.2) is 35.2 Å². The third-order valence-electron chi connectivity index (χ3n) is 4.11. The summed E-state index contributed by atoms with van der Waals surface area (Å²) < 4.78 is 11.4. The molecule has 0 aliphatic carbocycles. The second-order valence-corrected chi connectivity index (χ2v) is 8.20. The molecule has 0 amide bonds. The molecule has 0 fully saturated rings. The average Bonchev–Trinajstić information content (AvgIpc) is 3.13. The Labute approximate surface area is 173 Å². The van der Waals surface area contributed by atoms with Crippen molar-refractivity contribution in [1.29, 1.82) is 0 Å². The van der Waals surface area contributed by atoms with Crippen molar-refractivity contribution in [2.24, 2.45) is 4.99 Å². The SMILES string of the molecule is CCNC(=NCc1ncc(C(C)(C)C)o1)NCC(O)c1ccc(OC(C)C)cc1. The number of aliphatic hydroxyl groups excluding tert-OH is 1. The van der Waals surface area contributed by atoms with E-state index in [2.05, 4.69) is 41.4 Å². The first-order chi connectivity index (χ1) is 13.7. The number of hydrogen-bond acceptors (Lipinski definition) is 5. The van der Waals surface area contributed by atoms with Gasteiger partial charge in [-0.25, -0.2) is 9.98 Å². The quantitative estimate of drug-likeness (QED) is 0.462. The van der Waals surface area contributed by atoms with Gasteiger partial charge in [0.05, 0.1) is 18.4 Å². The van der Waals surface area contributed by atoms with Crippen LogP contribution in [0.3, 0.4) is 0 Å². The van der Waals surface area contributed by atoms with Crippen molar-refractivity contribution in [2.75, 3.05) is 13.1 Å². The highest BCUT2D eigenvalue weighted by atomic mass is 16.5. The summed E-state index contributed by atoms with van der Waals surface area (Å²) in [5, 5.41) is 16.8. The second kappa shape index (κ2) is 10.3. The number of oxazole rings is 1. The van der Waals surface area contributed by atoms with Gasteiger partial charge in [-0.3, -0.25) is 0 Å². The first kappa shape index (κ1) is 22.7. The lowest BCUT2D eigenvalue weighted by molar-refractivity contribution is 0.180. The molecule has 0 saturated heterocycles. The van der Waals surface area contributed by atoms with Crippen molar-refractivity contribution in [2.45, 2.75) is 65.7 Å². The number of aliphatic imine (C=N–C) groups is 1. The van der Waals surface area contributed by atoms with Crippen molar-refractivity contribution in [3.8, 4) is 5.75 Å². The summed E-state index contributed by atoms with van der Waals surface area (Å²) in [5.41, 5.74) is 0.726. The van der Waals surface area contributed by atoms with Crippen LogP contribution in [0.15, 0.2) is 39.9 Å². The molecule has 160 valence electrons. The molecule has 2 aromatic rings. The van der Waals surface area contributed by atoms with Crippen LogP contribution in [-0.2, 0) is 12.0 Å². The Morgan fingerprint density at radius 1 is 1.21 bits per heavy atom. The molecule has 29 heavy (non-hydrogen) atoms. The van der Waals surface area contributed by atoms with Gasteiger partial charge in [0.15, 0.2) is 5.96 Å². The number of nitrogens with one attached hydrogen (secondary N) is 2. The van der Waals surface area contributed by atoms with E-state index in [0.717, 1.165) is 17.1 Å². The number of aliphatic hydroxyl groups is 1. The van der Waals surface area contributed by atoms with E-state index in [1.165, 1.54) is 0 Å².